The molecule has 0 bridgehead atoms. The first-order chi connectivity index (χ1) is 6.83. The molecular weight excluding hydrogens is 176 g/mol. The molecular formula is C12H11O2. The van der Waals surface area contributed by atoms with Gasteiger partial charge in [0.05, 0.1) is 6.61 Å². The summed E-state index contributed by atoms with van der Waals surface area (Å²) < 4.78 is 0. The highest BCUT2D eigenvalue weighted by Gasteiger charge is 2.31. The second kappa shape index (κ2) is 4.01. The molecule has 2 N–H and O–H groups in total. The van der Waals surface area contributed by atoms with Gasteiger partial charge in [-0.25, -0.2) is 0 Å². The number of aliphatic hydroxyl groups is 1. The first kappa shape index (κ1) is 9.53. The predicted molar refractivity (Wildman–Crippen MR) is 53.7 cm³/mol. The molecule has 71 valence electrons. The molecule has 1 aliphatic carbocycles. The molecule has 0 aliphatic heterocycles. The third kappa shape index (κ3) is 1.62. The van der Waals surface area contributed by atoms with Crippen LogP contribution in [0.1, 0.15) is 5.56 Å². The van der Waals surface area contributed by atoms with Gasteiger partial charge >= 0.3 is 0 Å². The summed E-state index contributed by atoms with van der Waals surface area (Å²) >= 11 is 0. The topological polar surface area (TPSA) is 40.5 Å². The quantitative estimate of drug-likeness (QED) is 0.736. The number of phenolic OH excluding ortho intramolecular Hbond substituents is 1. The average molecular weight is 187 g/mol. The summed E-state index contributed by atoms with van der Waals surface area (Å²) in [6, 6.07) is 7.12. The number of hydrogen-bond donors (Lipinski definition) is 2. The summed E-state index contributed by atoms with van der Waals surface area (Å²) in [7, 11) is 0. The van der Waals surface area contributed by atoms with Crippen molar-refractivity contribution in [3.05, 3.63) is 60.9 Å². The van der Waals surface area contributed by atoms with Crippen LogP contribution in [0, 0.1) is 31.1 Å². The van der Waals surface area contributed by atoms with E-state index in [0.29, 0.717) is 0 Å². The molecule has 0 amide bonds. The van der Waals surface area contributed by atoms with E-state index in [1.807, 2.05) is 31.4 Å². The van der Waals surface area contributed by atoms with E-state index in [1.54, 1.807) is 12.1 Å². The summed E-state index contributed by atoms with van der Waals surface area (Å²) in [6.45, 7) is -0.00331. The van der Waals surface area contributed by atoms with Crippen LogP contribution in [0.2, 0.25) is 0 Å². The summed E-state index contributed by atoms with van der Waals surface area (Å²) in [5.41, 5.74) is 0.765. The Balaban J connectivity index is 2.26. The lowest BCUT2D eigenvalue weighted by molar-refractivity contribution is 0.315. The third-order valence-electron chi connectivity index (χ3n) is 2.27. The minimum atomic E-state index is -0.00331. The molecule has 0 aromatic heterocycles. The summed E-state index contributed by atoms with van der Waals surface area (Å²) in [6.07, 6.45) is 5.61. The number of benzene rings is 1. The average Bonchev–Trinajstić information content (AvgIpc) is 2.66. The predicted octanol–water partition coefficient (Wildman–Crippen LogP) is 1.51. The van der Waals surface area contributed by atoms with Crippen LogP contribution in [0.4, 0.5) is 0 Å². The lowest BCUT2D eigenvalue weighted by atomic mass is 9.89. The Morgan fingerprint density at radius 2 is 1.86 bits per heavy atom. The molecule has 1 saturated carbocycles. The molecule has 1 fully saturated rings. The lowest BCUT2D eigenvalue weighted by Crippen LogP contribution is -2.09. The summed E-state index contributed by atoms with van der Waals surface area (Å²) in [5.74, 6) is 1.98. The van der Waals surface area contributed by atoms with Gasteiger partial charge in [-0.2, -0.15) is 0 Å². The van der Waals surface area contributed by atoms with E-state index in [9.17, 15) is 5.11 Å². The molecule has 2 rings (SSSR count). The first-order valence-corrected chi connectivity index (χ1v) is 4.46. The van der Waals surface area contributed by atoms with Crippen LogP contribution < -0.4 is 0 Å². The van der Waals surface area contributed by atoms with Crippen LogP contribution in [0.3, 0.4) is 0 Å². The Labute approximate surface area is 84.2 Å². The van der Waals surface area contributed by atoms with Gasteiger partial charge in [0.2, 0.25) is 0 Å². The Bertz CT molecular complexity index is 309. The van der Waals surface area contributed by atoms with E-state index >= 15 is 0 Å². The van der Waals surface area contributed by atoms with Gasteiger partial charge in [0, 0.05) is 17.4 Å². The van der Waals surface area contributed by atoms with Gasteiger partial charge in [0.1, 0.15) is 5.75 Å². The molecule has 0 unspecified atom stereocenters. The Morgan fingerprint density at radius 1 is 1.07 bits per heavy atom. The van der Waals surface area contributed by atoms with Crippen molar-refractivity contribution in [1.82, 2.24) is 0 Å². The maximum Gasteiger partial charge on any atom is 0.119 e. The highest BCUT2D eigenvalue weighted by molar-refractivity contribution is 5.59. The fourth-order valence-corrected chi connectivity index (χ4v) is 1.56. The fourth-order valence-electron chi connectivity index (χ4n) is 1.56. The second-order valence-electron chi connectivity index (χ2n) is 3.14. The highest BCUT2D eigenvalue weighted by atomic mass is 16.3. The SMILES string of the molecule is OC[C]1[CH][CH][CH][C]1c1ccccc1O. The van der Waals surface area contributed by atoms with Crippen LogP contribution in [-0.2, 0) is 0 Å². The molecule has 0 atom stereocenters. The smallest absolute Gasteiger partial charge is 0.119 e. The molecule has 0 heterocycles. The lowest BCUT2D eigenvalue weighted by Gasteiger charge is -2.16. The van der Waals surface area contributed by atoms with Crippen LogP contribution in [0.25, 0.3) is 0 Å². The molecule has 0 saturated heterocycles. The maximum atomic E-state index is 9.62. The molecule has 1 aliphatic rings. The standard InChI is InChI=1S/C12H11O2/c13-8-9-4-3-6-10(9)11-5-1-2-7-12(11)14/h1-7,13-14H,8H2. The van der Waals surface area contributed by atoms with E-state index in [2.05, 4.69) is 0 Å². The van der Waals surface area contributed by atoms with E-state index in [4.69, 9.17) is 5.11 Å². The van der Waals surface area contributed by atoms with Gasteiger partial charge in [0.25, 0.3) is 0 Å². The molecule has 5 radical (unpaired) electrons. The third-order valence-corrected chi connectivity index (χ3v) is 2.27. The monoisotopic (exact) mass is 187 g/mol. The largest absolute Gasteiger partial charge is 0.508 e. The van der Waals surface area contributed by atoms with Gasteiger partial charge in [-0.15, -0.1) is 0 Å². The van der Waals surface area contributed by atoms with Gasteiger partial charge in [-0.3, -0.25) is 0 Å². The molecule has 1 aromatic rings. The van der Waals surface area contributed by atoms with Crippen molar-refractivity contribution in [2.75, 3.05) is 6.61 Å². The maximum absolute atomic E-state index is 9.62. The van der Waals surface area contributed by atoms with Gasteiger partial charge in [0.15, 0.2) is 0 Å². The van der Waals surface area contributed by atoms with Crippen molar-refractivity contribution in [3.63, 3.8) is 0 Å². The number of aliphatic hydroxyl groups excluding tert-OH is 1. The zero-order valence-electron chi connectivity index (χ0n) is 7.64. The zero-order valence-corrected chi connectivity index (χ0v) is 7.64. The Hall–Kier alpha value is -1.02. The molecule has 1 aromatic carbocycles. The van der Waals surface area contributed by atoms with Gasteiger partial charge in [-0.1, -0.05) is 18.2 Å². The van der Waals surface area contributed by atoms with Crippen LogP contribution in [0.15, 0.2) is 24.3 Å². The van der Waals surface area contributed by atoms with Crippen LogP contribution in [-0.4, -0.2) is 16.8 Å². The minimum Gasteiger partial charge on any atom is -0.508 e. The van der Waals surface area contributed by atoms with Crippen molar-refractivity contribution in [3.8, 4) is 5.75 Å². The van der Waals surface area contributed by atoms with Crippen molar-refractivity contribution in [2.24, 2.45) is 0 Å². The molecule has 0 spiro atoms. The summed E-state index contributed by atoms with van der Waals surface area (Å²) in [5, 5.41) is 18.7. The zero-order chi connectivity index (χ0) is 9.97. The van der Waals surface area contributed by atoms with E-state index in [0.717, 1.165) is 17.4 Å². The van der Waals surface area contributed by atoms with Gasteiger partial charge in [-0.05, 0) is 25.3 Å². The second-order valence-corrected chi connectivity index (χ2v) is 3.14. The molecule has 2 heteroatoms. The van der Waals surface area contributed by atoms with Crippen LogP contribution in [0.5, 0.6) is 5.75 Å². The van der Waals surface area contributed by atoms with Gasteiger partial charge < -0.3 is 10.2 Å². The van der Waals surface area contributed by atoms with Crippen molar-refractivity contribution < 1.29 is 10.2 Å². The van der Waals surface area contributed by atoms with Crippen LogP contribution >= 0.6 is 0 Å². The molecule has 14 heavy (non-hydrogen) atoms. The van der Waals surface area contributed by atoms with E-state index in [-0.39, 0.29) is 12.4 Å². The molecule has 2 nitrogen and oxygen atoms in total. The fraction of sp³-hybridized carbons (Fsp3) is 0.0833. The normalized spacial score (nSPS) is 18.9. The van der Waals surface area contributed by atoms with Crippen molar-refractivity contribution in [1.29, 1.82) is 0 Å². The van der Waals surface area contributed by atoms with E-state index < -0.39 is 0 Å². The first-order valence-electron chi connectivity index (χ1n) is 4.46. The van der Waals surface area contributed by atoms with Crippen molar-refractivity contribution in [2.45, 2.75) is 0 Å². The summed E-state index contributed by atoms with van der Waals surface area (Å²) in [4.78, 5) is 0. The number of para-hydroxylation sites is 1. The Morgan fingerprint density at radius 3 is 2.57 bits per heavy atom. The van der Waals surface area contributed by atoms with E-state index in [1.165, 1.54) is 0 Å². The number of phenols is 1. The number of aromatic hydroxyl groups is 1. The highest BCUT2D eigenvalue weighted by Crippen LogP contribution is 2.40. The number of hydrogen-bond acceptors (Lipinski definition) is 2. The number of rotatable bonds is 2. The minimum absolute atomic E-state index is 0.00331. The van der Waals surface area contributed by atoms with Crippen molar-refractivity contribution >= 4 is 0 Å². The Kier molecular flexibility index (Phi) is 2.73.